The van der Waals surface area contributed by atoms with Gasteiger partial charge < -0.3 is 4.90 Å². The van der Waals surface area contributed by atoms with Crippen LogP contribution in [0.15, 0.2) is 0 Å². The molecule has 0 radical (unpaired) electrons. The third kappa shape index (κ3) is 2.27. The number of amides is 1. The summed E-state index contributed by atoms with van der Waals surface area (Å²) in [6.07, 6.45) is 4.36. The van der Waals surface area contributed by atoms with E-state index in [1.54, 1.807) is 0 Å². The Bertz CT molecular complexity index is 194. The largest absolute Gasteiger partial charge is 0.326 e. The van der Waals surface area contributed by atoms with Crippen molar-refractivity contribution in [2.24, 2.45) is 0 Å². The van der Waals surface area contributed by atoms with Gasteiger partial charge in [0.1, 0.15) is 0 Å². The lowest BCUT2D eigenvalue weighted by Gasteiger charge is -2.22. The summed E-state index contributed by atoms with van der Waals surface area (Å²) < 4.78 is 0. The van der Waals surface area contributed by atoms with E-state index in [1.165, 1.54) is 0 Å². The normalized spacial score (nSPS) is 27.4. The van der Waals surface area contributed by atoms with Gasteiger partial charge in [0.25, 0.3) is 0 Å². The highest BCUT2D eigenvalue weighted by Crippen LogP contribution is 2.16. The minimum Gasteiger partial charge on any atom is -0.326 e. The fourth-order valence-electron chi connectivity index (χ4n) is 2.09. The molecule has 82 valence electrons. The standard InChI is InChI=1S/C11H22N2O/c1-4-7-9-11(14)13(8-5-2)10(6-3)12-9/h9-10,12H,4-8H2,1-3H3. The number of rotatable bonds is 5. The molecule has 0 saturated carbocycles. The molecule has 0 aromatic rings. The van der Waals surface area contributed by atoms with Crippen molar-refractivity contribution in [1.29, 1.82) is 0 Å². The van der Waals surface area contributed by atoms with Gasteiger partial charge in [-0.15, -0.1) is 0 Å². The number of hydrogen-bond acceptors (Lipinski definition) is 2. The zero-order valence-electron chi connectivity index (χ0n) is 9.55. The molecule has 0 aromatic heterocycles. The van der Waals surface area contributed by atoms with Crippen LogP contribution in [0.25, 0.3) is 0 Å². The summed E-state index contributed by atoms with van der Waals surface area (Å²) in [5.41, 5.74) is 0. The maximum Gasteiger partial charge on any atom is 0.241 e. The van der Waals surface area contributed by atoms with Crippen LogP contribution in [0.2, 0.25) is 0 Å². The highest BCUT2D eigenvalue weighted by molar-refractivity contribution is 5.84. The van der Waals surface area contributed by atoms with Gasteiger partial charge in [-0.05, 0) is 19.3 Å². The van der Waals surface area contributed by atoms with Crippen LogP contribution in [-0.4, -0.2) is 29.6 Å². The van der Waals surface area contributed by atoms with Crippen molar-refractivity contribution in [3.8, 4) is 0 Å². The summed E-state index contributed by atoms with van der Waals surface area (Å²) in [5.74, 6) is 0.306. The van der Waals surface area contributed by atoms with Crippen molar-refractivity contribution in [2.75, 3.05) is 6.54 Å². The molecular weight excluding hydrogens is 176 g/mol. The molecule has 1 heterocycles. The second-order valence-electron chi connectivity index (χ2n) is 3.96. The Labute approximate surface area is 86.9 Å². The average Bonchev–Trinajstić information content (AvgIpc) is 2.47. The van der Waals surface area contributed by atoms with E-state index in [-0.39, 0.29) is 12.2 Å². The van der Waals surface area contributed by atoms with Crippen LogP contribution in [-0.2, 0) is 4.79 Å². The summed E-state index contributed by atoms with van der Waals surface area (Å²) in [7, 11) is 0. The Kier molecular flexibility index (Phi) is 4.39. The van der Waals surface area contributed by atoms with Gasteiger partial charge in [0.15, 0.2) is 0 Å². The lowest BCUT2D eigenvalue weighted by Crippen LogP contribution is -2.37. The number of hydrogen-bond donors (Lipinski definition) is 1. The Morgan fingerprint density at radius 2 is 2.00 bits per heavy atom. The van der Waals surface area contributed by atoms with Gasteiger partial charge in [0.2, 0.25) is 5.91 Å². The van der Waals surface area contributed by atoms with Crippen LogP contribution in [0.5, 0.6) is 0 Å². The highest BCUT2D eigenvalue weighted by Gasteiger charge is 2.36. The molecule has 0 bridgehead atoms. The van der Waals surface area contributed by atoms with Crippen LogP contribution >= 0.6 is 0 Å². The van der Waals surface area contributed by atoms with E-state index >= 15 is 0 Å². The molecule has 1 N–H and O–H groups in total. The van der Waals surface area contributed by atoms with Crippen LogP contribution in [0.4, 0.5) is 0 Å². The van der Waals surface area contributed by atoms with E-state index in [2.05, 4.69) is 26.1 Å². The van der Waals surface area contributed by atoms with E-state index in [0.717, 1.165) is 32.2 Å². The van der Waals surface area contributed by atoms with Crippen LogP contribution in [0.3, 0.4) is 0 Å². The molecule has 3 heteroatoms. The van der Waals surface area contributed by atoms with E-state index in [9.17, 15) is 4.79 Å². The summed E-state index contributed by atoms with van der Waals surface area (Å²) in [6.45, 7) is 7.26. The maximum absolute atomic E-state index is 11.9. The van der Waals surface area contributed by atoms with Crippen LogP contribution < -0.4 is 5.32 Å². The lowest BCUT2D eigenvalue weighted by atomic mass is 10.2. The first-order chi connectivity index (χ1) is 6.74. The molecule has 1 saturated heterocycles. The summed E-state index contributed by atoms with van der Waals surface area (Å²) >= 11 is 0. The molecule has 1 aliphatic heterocycles. The van der Waals surface area contributed by atoms with Crippen molar-refractivity contribution >= 4 is 5.91 Å². The fourth-order valence-corrected chi connectivity index (χ4v) is 2.09. The SMILES string of the molecule is CCCC1NC(CC)N(CCC)C1=O. The van der Waals surface area contributed by atoms with Crippen LogP contribution in [0, 0.1) is 0 Å². The molecule has 0 spiro atoms. The molecule has 1 fully saturated rings. The zero-order chi connectivity index (χ0) is 10.6. The predicted octanol–water partition coefficient (Wildman–Crippen LogP) is 1.73. The topological polar surface area (TPSA) is 32.3 Å². The first-order valence-electron chi connectivity index (χ1n) is 5.81. The van der Waals surface area contributed by atoms with E-state index in [1.807, 2.05) is 4.90 Å². The lowest BCUT2D eigenvalue weighted by molar-refractivity contribution is -0.130. The fraction of sp³-hybridized carbons (Fsp3) is 0.909. The van der Waals surface area contributed by atoms with Crippen LogP contribution in [0.1, 0.15) is 46.5 Å². The molecule has 14 heavy (non-hydrogen) atoms. The van der Waals surface area contributed by atoms with Gasteiger partial charge in [-0.25, -0.2) is 0 Å². The summed E-state index contributed by atoms with van der Waals surface area (Å²) in [4.78, 5) is 13.9. The number of carbonyl (C=O) groups excluding carboxylic acids is 1. The second-order valence-corrected chi connectivity index (χ2v) is 3.96. The Morgan fingerprint density at radius 3 is 2.50 bits per heavy atom. The first-order valence-corrected chi connectivity index (χ1v) is 5.81. The van der Waals surface area contributed by atoms with Crippen molar-refractivity contribution in [2.45, 2.75) is 58.7 Å². The third-order valence-corrected chi connectivity index (χ3v) is 2.78. The molecule has 0 aliphatic carbocycles. The van der Waals surface area contributed by atoms with Gasteiger partial charge in [0.05, 0.1) is 12.2 Å². The van der Waals surface area contributed by atoms with Crippen molar-refractivity contribution in [1.82, 2.24) is 10.2 Å². The second kappa shape index (κ2) is 5.35. The van der Waals surface area contributed by atoms with Gasteiger partial charge in [-0.3, -0.25) is 10.1 Å². The number of carbonyl (C=O) groups is 1. The summed E-state index contributed by atoms with van der Waals surface area (Å²) in [6, 6.07) is 0.0801. The van der Waals surface area contributed by atoms with E-state index in [0.29, 0.717) is 5.91 Å². The Balaban J connectivity index is 2.59. The van der Waals surface area contributed by atoms with Crippen molar-refractivity contribution in [3.63, 3.8) is 0 Å². The minimum absolute atomic E-state index is 0.0801. The highest BCUT2D eigenvalue weighted by atomic mass is 16.2. The molecular formula is C11H22N2O. The van der Waals surface area contributed by atoms with Gasteiger partial charge in [-0.1, -0.05) is 27.2 Å². The zero-order valence-corrected chi connectivity index (χ0v) is 9.55. The van der Waals surface area contributed by atoms with Crippen molar-refractivity contribution in [3.05, 3.63) is 0 Å². The third-order valence-electron chi connectivity index (χ3n) is 2.78. The minimum atomic E-state index is 0.0801. The molecule has 1 rings (SSSR count). The monoisotopic (exact) mass is 198 g/mol. The molecule has 0 aromatic carbocycles. The number of nitrogens with one attached hydrogen (secondary N) is 1. The molecule has 3 nitrogen and oxygen atoms in total. The van der Waals surface area contributed by atoms with Gasteiger partial charge >= 0.3 is 0 Å². The van der Waals surface area contributed by atoms with E-state index < -0.39 is 0 Å². The molecule has 1 amide bonds. The average molecular weight is 198 g/mol. The Hall–Kier alpha value is -0.570. The smallest absolute Gasteiger partial charge is 0.241 e. The van der Waals surface area contributed by atoms with Crippen molar-refractivity contribution < 1.29 is 4.79 Å². The molecule has 2 atom stereocenters. The maximum atomic E-state index is 11.9. The quantitative estimate of drug-likeness (QED) is 0.729. The Morgan fingerprint density at radius 1 is 1.29 bits per heavy atom. The van der Waals surface area contributed by atoms with Gasteiger partial charge in [0, 0.05) is 6.54 Å². The molecule has 1 aliphatic rings. The first kappa shape index (κ1) is 11.5. The van der Waals surface area contributed by atoms with Gasteiger partial charge in [-0.2, -0.15) is 0 Å². The predicted molar refractivity (Wildman–Crippen MR) is 57.9 cm³/mol. The number of nitrogens with zero attached hydrogens (tertiary/aromatic N) is 1. The summed E-state index contributed by atoms with van der Waals surface area (Å²) in [5, 5.41) is 3.40. The molecule has 2 unspecified atom stereocenters. The van der Waals surface area contributed by atoms with E-state index in [4.69, 9.17) is 0 Å².